The molecular weight excluding hydrogens is 265 g/mol. The molecule has 0 aliphatic rings. The lowest BCUT2D eigenvalue weighted by Gasteiger charge is -2.06. The maximum absolute atomic E-state index is 13.8. The van der Waals surface area contributed by atoms with E-state index in [0.717, 1.165) is 0 Å². The molecular formula is C10H7BrFNO2. The summed E-state index contributed by atoms with van der Waals surface area (Å²) in [4.78, 5) is 14.2. The van der Waals surface area contributed by atoms with E-state index >= 15 is 0 Å². The Morgan fingerprint density at radius 1 is 1.53 bits per heavy atom. The number of H-pyrrole nitrogens is 1. The zero-order valence-electron chi connectivity index (χ0n) is 7.80. The first-order valence-corrected chi connectivity index (χ1v) is 4.98. The zero-order valence-corrected chi connectivity index (χ0v) is 9.39. The first kappa shape index (κ1) is 10.2. The Hall–Kier alpha value is -1.36. The predicted molar refractivity (Wildman–Crippen MR) is 58.8 cm³/mol. The van der Waals surface area contributed by atoms with Crippen molar-refractivity contribution in [3.63, 3.8) is 0 Å². The van der Waals surface area contributed by atoms with E-state index in [1.54, 1.807) is 6.07 Å². The fourth-order valence-corrected chi connectivity index (χ4v) is 1.87. The summed E-state index contributed by atoms with van der Waals surface area (Å²) in [5.74, 6) is -0.256. The van der Waals surface area contributed by atoms with E-state index in [9.17, 15) is 9.18 Å². The molecule has 0 amide bonds. The second-order valence-corrected chi connectivity index (χ2v) is 3.76. The molecule has 0 atom stereocenters. The number of rotatable bonds is 1. The number of aromatic nitrogens is 1. The molecule has 1 N–H and O–H groups in total. The number of hydrogen-bond donors (Lipinski definition) is 1. The van der Waals surface area contributed by atoms with Crippen LogP contribution in [-0.4, -0.2) is 12.1 Å². The topological polar surface area (TPSA) is 42.1 Å². The van der Waals surface area contributed by atoms with Crippen molar-refractivity contribution in [2.75, 3.05) is 7.11 Å². The smallest absolute Gasteiger partial charge is 0.192 e. The van der Waals surface area contributed by atoms with Crippen LogP contribution in [0, 0.1) is 5.82 Å². The molecule has 0 unspecified atom stereocenters. The Kier molecular flexibility index (Phi) is 2.48. The summed E-state index contributed by atoms with van der Waals surface area (Å²) < 4.78 is 18.9. The summed E-state index contributed by atoms with van der Waals surface area (Å²) in [6.45, 7) is 0. The van der Waals surface area contributed by atoms with Crippen molar-refractivity contribution in [3.05, 3.63) is 38.8 Å². The van der Waals surface area contributed by atoms with Gasteiger partial charge in [0.2, 0.25) is 0 Å². The van der Waals surface area contributed by atoms with Crippen LogP contribution in [-0.2, 0) is 0 Å². The van der Waals surface area contributed by atoms with Gasteiger partial charge in [0.15, 0.2) is 11.2 Å². The second kappa shape index (κ2) is 3.66. The summed E-state index contributed by atoms with van der Waals surface area (Å²) >= 11 is 3.04. The SMILES string of the molecule is COc1cc2[nH]ccc(=O)c2c(F)c1Br. The van der Waals surface area contributed by atoms with Crippen molar-refractivity contribution in [2.24, 2.45) is 0 Å². The van der Waals surface area contributed by atoms with Crippen LogP contribution in [0.4, 0.5) is 4.39 Å². The van der Waals surface area contributed by atoms with Crippen LogP contribution in [0.2, 0.25) is 0 Å². The number of hydrogen-bond acceptors (Lipinski definition) is 2. The van der Waals surface area contributed by atoms with Crippen molar-refractivity contribution in [2.45, 2.75) is 0 Å². The molecule has 3 nitrogen and oxygen atoms in total. The van der Waals surface area contributed by atoms with E-state index in [1.165, 1.54) is 19.4 Å². The first-order valence-electron chi connectivity index (χ1n) is 4.18. The summed E-state index contributed by atoms with van der Waals surface area (Å²) in [5.41, 5.74) is 0.0599. The van der Waals surface area contributed by atoms with Gasteiger partial charge in [-0.15, -0.1) is 0 Å². The molecule has 2 rings (SSSR count). The largest absolute Gasteiger partial charge is 0.495 e. The molecule has 0 spiro atoms. The average Bonchev–Trinajstić information content (AvgIpc) is 2.23. The Balaban J connectivity index is 2.97. The molecule has 0 fully saturated rings. The molecule has 0 saturated heterocycles. The van der Waals surface area contributed by atoms with Gasteiger partial charge in [-0.05, 0) is 15.9 Å². The Bertz CT molecular complexity index is 579. The summed E-state index contributed by atoms with van der Waals surface area (Å²) in [6, 6.07) is 2.86. The van der Waals surface area contributed by atoms with E-state index in [-0.39, 0.29) is 15.3 Å². The van der Waals surface area contributed by atoms with Gasteiger partial charge in [0.1, 0.15) is 5.75 Å². The van der Waals surface area contributed by atoms with Gasteiger partial charge in [0, 0.05) is 18.3 Å². The zero-order chi connectivity index (χ0) is 11.0. The van der Waals surface area contributed by atoms with Crippen molar-refractivity contribution in [1.29, 1.82) is 0 Å². The minimum atomic E-state index is -0.605. The lowest BCUT2D eigenvalue weighted by molar-refractivity contribution is 0.409. The van der Waals surface area contributed by atoms with Gasteiger partial charge < -0.3 is 9.72 Å². The highest BCUT2D eigenvalue weighted by atomic mass is 79.9. The normalized spacial score (nSPS) is 10.6. The van der Waals surface area contributed by atoms with E-state index in [4.69, 9.17) is 4.74 Å². The number of pyridine rings is 1. The van der Waals surface area contributed by atoms with Crippen LogP contribution < -0.4 is 10.2 Å². The lowest BCUT2D eigenvalue weighted by Crippen LogP contribution is -2.04. The Labute approximate surface area is 93.0 Å². The lowest BCUT2D eigenvalue weighted by atomic mass is 10.2. The van der Waals surface area contributed by atoms with Crippen LogP contribution >= 0.6 is 15.9 Å². The van der Waals surface area contributed by atoms with Crippen molar-refractivity contribution in [1.82, 2.24) is 4.98 Å². The van der Waals surface area contributed by atoms with Gasteiger partial charge in [0.25, 0.3) is 0 Å². The third-order valence-electron chi connectivity index (χ3n) is 2.11. The Morgan fingerprint density at radius 3 is 2.93 bits per heavy atom. The molecule has 0 saturated carbocycles. The van der Waals surface area contributed by atoms with Crippen LogP contribution in [0.3, 0.4) is 0 Å². The van der Waals surface area contributed by atoms with Crippen molar-refractivity contribution >= 4 is 26.8 Å². The highest BCUT2D eigenvalue weighted by Gasteiger charge is 2.13. The number of nitrogens with one attached hydrogen (secondary N) is 1. The molecule has 1 heterocycles. The number of benzene rings is 1. The predicted octanol–water partition coefficient (Wildman–Crippen LogP) is 2.44. The molecule has 0 radical (unpaired) electrons. The number of methoxy groups -OCH3 is 1. The average molecular weight is 272 g/mol. The molecule has 5 heteroatoms. The minimum absolute atomic E-state index is 0.0326. The first-order chi connectivity index (χ1) is 7.15. The van der Waals surface area contributed by atoms with Gasteiger partial charge in [-0.3, -0.25) is 4.79 Å². The maximum Gasteiger partial charge on any atom is 0.192 e. The van der Waals surface area contributed by atoms with Gasteiger partial charge in [0.05, 0.1) is 22.5 Å². The van der Waals surface area contributed by atoms with Crippen molar-refractivity contribution in [3.8, 4) is 5.75 Å². The number of halogens is 2. The fraction of sp³-hybridized carbons (Fsp3) is 0.100. The van der Waals surface area contributed by atoms with Gasteiger partial charge in [-0.25, -0.2) is 4.39 Å². The summed E-state index contributed by atoms with van der Waals surface area (Å²) in [7, 11) is 1.44. The number of ether oxygens (including phenoxy) is 1. The van der Waals surface area contributed by atoms with Crippen LogP contribution in [0.15, 0.2) is 27.6 Å². The van der Waals surface area contributed by atoms with E-state index < -0.39 is 5.82 Å². The summed E-state index contributed by atoms with van der Waals surface area (Å²) in [5, 5.41) is 0.0326. The maximum atomic E-state index is 13.8. The molecule has 0 aliphatic carbocycles. The molecule has 78 valence electrons. The molecule has 1 aromatic heterocycles. The second-order valence-electron chi connectivity index (χ2n) is 2.97. The van der Waals surface area contributed by atoms with E-state index in [2.05, 4.69) is 20.9 Å². The fourth-order valence-electron chi connectivity index (χ4n) is 1.40. The minimum Gasteiger partial charge on any atom is -0.495 e. The quantitative estimate of drug-likeness (QED) is 0.866. The van der Waals surface area contributed by atoms with E-state index in [0.29, 0.717) is 11.3 Å². The van der Waals surface area contributed by atoms with Crippen molar-refractivity contribution < 1.29 is 9.13 Å². The molecule has 0 aliphatic heterocycles. The number of fused-ring (bicyclic) bond motifs is 1. The van der Waals surface area contributed by atoms with Crippen LogP contribution in [0.25, 0.3) is 10.9 Å². The number of aromatic amines is 1. The third kappa shape index (κ3) is 1.52. The molecule has 0 bridgehead atoms. The monoisotopic (exact) mass is 271 g/mol. The highest BCUT2D eigenvalue weighted by molar-refractivity contribution is 9.10. The van der Waals surface area contributed by atoms with Gasteiger partial charge >= 0.3 is 0 Å². The van der Waals surface area contributed by atoms with Crippen LogP contribution in [0.5, 0.6) is 5.75 Å². The standard InChI is InChI=1S/C10H7BrFNO2/c1-15-7-4-5-8(10(12)9(7)11)6(14)2-3-13-5/h2-4H,1H3,(H,13,14). The molecule has 2 aromatic rings. The van der Waals surface area contributed by atoms with Crippen LogP contribution in [0.1, 0.15) is 0 Å². The summed E-state index contributed by atoms with van der Waals surface area (Å²) in [6.07, 6.45) is 1.47. The highest BCUT2D eigenvalue weighted by Crippen LogP contribution is 2.31. The molecule has 1 aromatic carbocycles. The van der Waals surface area contributed by atoms with E-state index in [1.807, 2.05) is 0 Å². The third-order valence-corrected chi connectivity index (χ3v) is 2.85. The Morgan fingerprint density at radius 2 is 2.27 bits per heavy atom. The van der Waals surface area contributed by atoms with Gasteiger partial charge in [-0.1, -0.05) is 0 Å². The molecule has 15 heavy (non-hydrogen) atoms. The van der Waals surface area contributed by atoms with Gasteiger partial charge in [-0.2, -0.15) is 0 Å².